The Morgan fingerprint density at radius 2 is 1.86 bits per heavy atom. The van der Waals surface area contributed by atoms with Crippen molar-refractivity contribution in [2.45, 2.75) is 0 Å². The van der Waals surface area contributed by atoms with Gasteiger partial charge in [-0.1, -0.05) is 12.1 Å². The van der Waals surface area contributed by atoms with E-state index in [2.05, 4.69) is 10.2 Å². The maximum Gasteiger partial charge on any atom is 0.272 e. The van der Waals surface area contributed by atoms with Crippen molar-refractivity contribution in [3.05, 3.63) is 52.7 Å². The monoisotopic (exact) mass is 190 g/mol. The van der Waals surface area contributed by atoms with Crippen molar-refractivity contribution < 1.29 is 4.39 Å². The zero-order chi connectivity index (χ0) is 9.97. The molecule has 0 radical (unpaired) electrons. The summed E-state index contributed by atoms with van der Waals surface area (Å²) in [6.45, 7) is 0. The Morgan fingerprint density at radius 3 is 2.50 bits per heavy atom. The van der Waals surface area contributed by atoms with Crippen LogP contribution < -0.4 is 5.56 Å². The SMILES string of the molecule is O=c1[nH]nccc1-c1ccc(F)cc1. The van der Waals surface area contributed by atoms with Crippen molar-refractivity contribution in [2.75, 3.05) is 0 Å². The van der Waals surface area contributed by atoms with Crippen molar-refractivity contribution in [2.24, 2.45) is 0 Å². The lowest BCUT2D eigenvalue weighted by molar-refractivity contribution is 0.628. The maximum absolute atomic E-state index is 12.6. The van der Waals surface area contributed by atoms with Gasteiger partial charge in [-0.3, -0.25) is 4.79 Å². The summed E-state index contributed by atoms with van der Waals surface area (Å²) in [4.78, 5) is 11.3. The molecule has 2 rings (SSSR count). The lowest BCUT2D eigenvalue weighted by Crippen LogP contribution is -2.09. The fourth-order valence-corrected chi connectivity index (χ4v) is 1.20. The Labute approximate surface area is 79.2 Å². The Kier molecular flexibility index (Phi) is 2.10. The molecule has 2 aromatic rings. The molecule has 0 aliphatic carbocycles. The number of hydrogen-bond acceptors (Lipinski definition) is 2. The minimum absolute atomic E-state index is 0.279. The average Bonchev–Trinajstić information content (AvgIpc) is 2.20. The average molecular weight is 190 g/mol. The number of nitrogens with zero attached hydrogens (tertiary/aromatic N) is 1. The van der Waals surface area contributed by atoms with Crippen molar-refractivity contribution in [1.82, 2.24) is 10.2 Å². The van der Waals surface area contributed by atoms with Crippen LogP contribution in [0.3, 0.4) is 0 Å². The number of hydrogen-bond donors (Lipinski definition) is 1. The molecule has 0 saturated heterocycles. The molecule has 1 heterocycles. The van der Waals surface area contributed by atoms with Crippen LogP contribution in [0.25, 0.3) is 11.1 Å². The molecule has 0 saturated carbocycles. The highest BCUT2D eigenvalue weighted by Crippen LogP contribution is 2.14. The summed E-state index contributed by atoms with van der Waals surface area (Å²) >= 11 is 0. The number of aromatic nitrogens is 2. The molecule has 0 unspecified atom stereocenters. The first kappa shape index (κ1) is 8.62. The quantitative estimate of drug-likeness (QED) is 0.741. The van der Waals surface area contributed by atoms with Crippen LogP contribution in [0.5, 0.6) is 0 Å². The normalized spacial score (nSPS) is 10.1. The van der Waals surface area contributed by atoms with Gasteiger partial charge in [-0.2, -0.15) is 5.10 Å². The van der Waals surface area contributed by atoms with Gasteiger partial charge in [-0.05, 0) is 23.8 Å². The third kappa shape index (κ3) is 1.54. The molecule has 1 aromatic carbocycles. The van der Waals surface area contributed by atoms with Crippen LogP contribution in [0.4, 0.5) is 4.39 Å². The van der Waals surface area contributed by atoms with E-state index in [1.165, 1.54) is 18.3 Å². The van der Waals surface area contributed by atoms with E-state index in [0.717, 1.165) is 0 Å². The largest absolute Gasteiger partial charge is 0.272 e. The van der Waals surface area contributed by atoms with E-state index in [9.17, 15) is 9.18 Å². The number of aromatic amines is 1. The minimum Gasteiger partial charge on any atom is -0.267 e. The second-order valence-corrected chi connectivity index (χ2v) is 2.81. The first-order valence-electron chi connectivity index (χ1n) is 4.07. The van der Waals surface area contributed by atoms with E-state index in [1.807, 2.05) is 0 Å². The highest BCUT2D eigenvalue weighted by molar-refractivity contribution is 5.61. The molecule has 0 amide bonds. The van der Waals surface area contributed by atoms with E-state index >= 15 is 0 Å². The summed E-state index contributed by atoms with van der Waals surface area (Å²) < 4.78 is 12.6. The van der Waals surface area contributed by atoms with Gasteiger partial charge in [0.25, 0.3) is 5.56 Å². The minimum atomic E-state index is -0.320. The van der Waals surface area contributed by atoms with E-state index in [0.29, 0.717) is 11.1 Å². The van der Waals surface area contributed by atoms with Crippen LogP contribution in [-0.4, -0.2) is 10.2 Å². The number of benzene rings is 1. The number of nitrogens with one attached hydrogen (secondary N) is 1. The van der Waals surface area contributed by atoms with Gasteiger partial charge in [0.15, 0.2) is 0 Å². The highest BCUT2D eigenvalue weighted by atomic mass is 19.1. The van der Waals surface area contributed by atoms with Crippen molar-refractivity contribution >= 4 is 0 Å². The summed E-state index contributed by atoms with van der Waals surface area (Å²) in [6, 6.07) is 7.33. The molecule has 0 bridgehead atoms. The van der Waals surface area contributed by atoms with Crippen molar-refractivity contribution in [3.63, 3.8) is 0 Å². The highest BCUT2D eigenvalue weighted by Gasteiger charge is 2.01. The maximum atomic E-state index is 12.6. The van der Waals surface area contributed by atoms with Crippen LogP contribution in [0, 0.1) is 5.82 Å². The van der Waals surface area contributed by atoms with E-state index in [-0.39, 0.29) is 11.4 Å². The summed E-state index contributed by atoms with van der Waals surface area (Å²) in [6.07, 6.45) is 1.49. The van der Waals surface area contributed by atoms with E-state index < -0.39 is 0 Å². The van der Waals surface area contributed by atoms with Gasteiger partial charge in [0.05, 0.1) is 0 Å². The summed E-state index contributed by atoms with van der Waals surface area (Å²) in [5.74, 6) is -0.320. The zero-order valence-electron chi connectivity index (χ0n) is 7.20. The molecule has 1 aromatic heterocycles. The second-order valence-electron chi connectivity index (χ2n) is 2.81. The number of H-pyrrole nitrogens is 1. The van der Waals surface area contributed by atoms with Gasteiger partial charge in [0.1, 0.15) is 5.82 Å². The predicted octanol–water partition coefficient (Wildman–Crippen LogP) is 1.58. The Hall–Kier alpha value is -1.97. The smallest absolute Gasteiger partial charge is 0.267 e. The molecule has 0 fully saturated rings. The van der Waals surface area contributed by atoms with Gasteiger partial charge in [-0.25, -0.2) is 9.49 Å². The van der Waals surface area contributed by atoms with Crippen LogP contribution in [0.1, 0.15) is 0 Å². The van der Waals surface area contributed by atoms with Gasteiger partial charge in [-0.15, -0.1) is 0 Å². The van der Waals surface area contributed by atoms with Crippen LogP contribution >= 0.6 is 0 Å². The molecule has 0 spiro atoms. The Balaban J connectivity index is 2.56. The number of halogens is 1. The Morgan fingerprint density at radius 1 is 1.14 bits per heavy atom. The lowest BCUT2D eigenvalue weighted by atomic mass is 10.1. The van der Waals surface area contributed by atoms with Gasteiger partial charge < -0.3 is 0 Å². The summed E-state index contributed by atoms with van der Waals surface area (Å²) in [5, 5.41) is 5.89. The third-order valence-electron chi connectivity index (χ3n) is 1.88. The van der Waals surface area contributed by atoms with Gasteiger partial charge in [0.2, 0.25) is 0 Å². The molecule has 0 aliphatic rings. The topological polar surface area (TPSA) is 45.8 Å². The molecule has 1 N–H and O–H groups in total. The number of rotatable bonds is 1. The third-order valence-corrected chi connectivity index (χ3v) is 1.88. The molecule has 0 aliphatic heterocycles. The van der Waals surface area contributed by atoms with Gasteiger partial charge in [0, 0.05) is 11.8 Å². The molecule has 70 valence electrons. The molecular formula is C10H7FN2O. The summed E-state index contributed by atoms with van der Waals surface area (Å²) in [5.41, 5.74) is 0.883. The predicted molar refractivity (Wildman–Crippen MR) is 50.3 cm³/mol. The summed E-state index contributed by atoms with van der Waals surface area (Å²) in [7, 11) is 0. The lowest BCUT2D eigenvalue weighted by Gasteiger charge is -1.98. The zero-order valence-corrected chi connectivity index (χ0v) is 7.20. The van der Waals surface area contributed by atoms with Crippen LogP contribution in [0.2, 0.25) is 0 Å². The van der Waals surface area contributed by atoms with E-state index in [4.69, 9.17) is 0 Å². The fourth-order valence-electron chi connectivity index (χ4n) is 1.20. The molecule has 3 nitrogen and oxygen atoms in total. The van der Waals surface area contributed by atoms with Crippen LogP contribution in [0.15, 0.2) is 41.3 Å². The van der Waals surface area contributed by atoms with Crippen molar-refractivity contribution in [1.29, 1.82) is 0 Å². The van der Waals surface area contributed by atoms with Crippen molar-refractivity contribution in [3.8, 4) is 11.1 Å². The van der Waals surface area contributed by atoms with Crippen LogP contribution in [-0.2, 0) is 0 Å². The first-order chi connectivity index (χ1) is 6.77. The second kappa shape index (κ2) is 3.41. The van der Waals surface area contributed by atoms with Gasteiger partial charge >= 0.3 is 0 Å². The standard InChI is InChI=1S/C10H7FN2O/c11-8-3-1-7(2-4-8)9-5-6-12-13-10(9)14/h1-6H,(H,13,14). The molecule has 4 heteroatoms. The fraction of sp³-hybridized carbons (Fsp3) is 0. The molecule has 0 atom stereocenters. The Bertz CT molecular complexity index is 490. The molecule has 14 heavy (non-hydrogen) atoms. The molecular weight excluding hydrogens is 183 g/mol. The first-order valence-corrected chi connectivity index (χ1v) is 4.07. The van der Waals surface area contributed by atoms with E-state index in [1.54, 1.807) is 18.2 Å².